The molecule has 0 aliphatic carbocycles. The molecule has 0 unspecified atom stereocenters. The van der Waals surface area contributed by atoms with Crippen LogP contribution in [0.1, 0.15) is 10.4 Å². The molecular weight excluding hydrogens is 344 g/mol. The van der Waals surface area contributed by atoms with Crippen molar-refractivity contribution in [1.29, 1.82) is 0 Å². The van der Waals surface area contributed by atoms with Crippen molar-refractivity contribution >= 4 is 38.2 Å². The summed E-state index contributed by atoms with van der Waals surface area (Å²) in [5.74, 6) is -1.09. The molecule has 0 saturated carbocycles. The Bertz CT molecular complexity index is 1080. The molecule has 0 radical (unpaired) electrons. The van der Waals surface area contributed by atoms with Crippen molar-refractivity contribution in [2.75, 3.05) is 11.1 Å². The molecule has 0 fully saturated rings. The second-order valence-corrected chi connectivity index (χ2v) is 6.76. The Morgan fingerprint density at radius 1 is 1.00 bits per heavy atom. The van der Waals surface area contributed by atoms with E-state index in [1.165, 1.54) is 12.1 Å². The number of aromatic hydroxyl groups is 1. The van der Waals surface area contributed by atoms with E-state index in [4.69, 9.17) is 5.73 Å². The third-order valence-corrected chi connectivity index (χ3v) is 4.57. The van der Waals surface area contributed by atoms with Gasteiger partial charge in [-0.25, -0.2) is 0 Å². The minimum atomic E-state index is -4.60. The maximum atomic E-state index is 12.4. The third-order valence-electron chi connectivity index (χ3n) is 3.68. The number of rotatable bonds is 3. The van der Waals surface area contributed by atoms with E-state index in [1.54, 1.807) is 36.4 Å². The average Bonchev–Trinajstić information content (AvgIpc) is 2.54. The molecule has 1 amide bonds. The average molecular weight is 358 g/mol. The number of phenols is 1. The molecule has 0 atom stereocenters. The predicted molar refractivity (Wildman–Crippen MR) is 94.2 cm³/mol. The molecule has 0 spiro atoms. The summed E-state index contributed by atoms with van der Waals surface area (Å²) in [5.41, 5.74) is 6.65. The zero-order chi connectivity index (χ0) is 18.2. The van der Waals surface area contributed by atoms with Crippen LogP contribution in [0.2, 0.25) is 0 Å². The number of phenolic OH excluding ortho intramolecular Hbond substituents is 1. The zero-order valence-electron chi connectivity index (χ0n) is 12.8. The van der Waals surface area contributed by atoms with Crippen molar-refractivity contribution in [1.82, 2.24) is 0 Å². The molecule has 0 aliphatic rings. The van der Waals surface area contributed by atoms with Crippen LogP contribution in [0.4, 0.5) is 11.4 Å². The van der Waals surface area contributed by atoms with Crippen LogP contribution in [0.25, 0.3) is 10.8 Å². The fraction of sp³-hybridized carbons (Fsp3) is 0. The minimum Gasteiger partial charge on any atom is -0.506 e. The van der Waals surface area contributed by atoms with E-state index in [0.29, 0.717) is 16.6 Å². The molecule has 0 heterocycles. The number of nitrogens with two attached hydrogens (primary N) is 1. The SMILES string of the molecule is Nc1ccc(C(=O)Nc2cccc3ccc(S(=O)(=O)O)c(O)c23)cc1. The molecular formula is C17H14N2O5S. The molecule has 128 valence electrons. The van der Waals surface area contributed by atoms with Crippen molar-refractivity contribution in [3.8, 4) is 5.75 Å². The molecule has 0 saturated heterocycles. The van der Waals surface area contributed by atoms with Gasteiger partial charge in [-0.2, -0.15) is 8.42 Å². The summed E-state index contributed by atoms with van der Waals surface area (Å²) in [7, 11) is -4.60. The molecule has 8 heteroatoms. The van der Waals surface area contributed by atoms with E-state index in [0.717, 1.165) is 6.07 Å². The molecule has 3 rings (SSSR count). The summed E-state index contributed by atoms with van der Waals surface area (Å²) < 4.78 is 32.0. The lowest BCUT2D eigenvalue weighted by molar-refractivity contribution is 0.102. The van der Waals surface area contributed by atoms with Crippen LogP contribution in [0.3, 0.4) is 0 Å². The quantitative estimate of drug-likeness (QED) is 0.421. The third kappa shape index (κ3) is 3.25. The number of amides is 1. The second kappa shape index (κ2) is 6.08. The Labute approximate surface area is 143 Å². The molecule has 0 bridgehead atoms. The summed E-state index contributed by atoms with van der Waals surface area (Å²) in [6, 6.07) is 13.6. The lowest BCUT2D eigenvalue weighted by Gasteiger charge is -2.12. The fourth-order valence-corrected chi connectivity index (χ4v) is 3.07. The smallest absolute Gasteiger partial charge is 0.298 e. The lowest BCUT2D eigenvalue weighted by atomic mass is 10.1. The number of fused-ring (bicyclic) bond motifs is 1. The number of carbonyl (C=O) groups excluding carboxylic acids is 1. The van der Waals surface area contributed by atoms with E-state index in [2.05, 4.69) is 5.32 Å². The van der Waals surface area contributed by atoms with Crippen LogP contribution in [0, 0.1) is 0 Å². The maximum absolute atomic E-state index is 12.4. The van der Waals surface area contributed by atoms with Crippen LogP contribution in [-0.2, 0) is 10.1 Å². The Kier molecular flexibility index (Phi) is 4.07. The van der Waals surface area contributed by atoms with E-state index in [9.17, 15) is 22.9 Å². The number of nitrogen functional groups attached to an aromatic ring is 1. The van der Waals surface area contributed by atoms with Gasteiger partial charge < -0.3 is 16.2 Å². The van der Waals surface area contributed by atoms with Crippen LogP contribution in [-0.4, -0.2) is 24.0 Å². The number of hydrogen-bond donors (Lipinski definition) is 4. The summed E-state index contributed by atoms with van der Waals surface area (Å²) >= 11 is 0. The van der Waals surface area contributed by atoms with Gasteiger partial charge in [-0.15, -0.1) is 0 Å². The zero-order valence-corrected chi connectivity index (χ0v) is 13.6. The van der Waals surface area contributed by atoms with Gasteiger partial charge in [-0.3, -0.25) is 9.35 Å². The lowest BCUT2D eigenvalue weighted by Crippen LogP contribution is -2.12. The highest BCUT2D eigenvalue weighted by molar-refractivity contribution is 7.86. The van der Waals surface area contributed by atoms with Gasteiger partial charge in [-0.1, -0.05) is 18.2 Å². The molecule has 3 aromatic carbocycles. The normalized spacial score (nSPS) is 11.4. The Balaban J connectivity index is 2.10. The van der Waals surface area contributed by atoms with Gasteiger partial charge in [0.2, 0.25) is 0 Å². The summed E-state index contributed by atoms with van der Waals surface area (Å²) in [6.45, 7) is 0. The monoisotopic (exact) mass is 358 g/mol. The first-order chi connectivity index (χ1) is 11.8. The van der Waals surface area contributed by atoms with Gasteiger partial charge >= 0.3 is 0 Å². The number of hydrogen-bond acceptors (Lipinski definition) is 5. The van der Waals surface area contributed by atoms with E-state index in [-0.39, 0.29) is 11.1 Å². The molecule has 0 aliphatic heterocycles. The van der Waals surface area contributed by atoms with Crippen molar-refractivity contribution in [2.45, 2.75) is 4.90 Å². The van der Waals surface area contributed by atoms with Crippen LogP contribution >= 0.6 is 0 Å². The Morgan fingerprint density at radius 3 is 2.32 bits per heavy atom. The van der Waals surface area contributed by atoms with Crippen LogP contribution in [0.15, 0.2) is 59.5 Å². The second-order valence-electron chi connectivity index (χ2n) is 5.37. The topological polar surface area (TPSA) is 130 Å². The predicted octanol–water partition coefficient (Wildman–Crippen LogP) is 2.63. The first-order valence-corrected chi connectivity index (χ1v) is 8.60. The molecule has 5 N–H and O–H groups in total. The fourth-order valence-electron chi connectivity index (χ4n) is 2.48. The van der Waals surface area contributed by atoms with Crippen LogP contribution in [0.5, 0.6) is 5.75 Å². The van der Waals surface area contributed by atoms with Crippen molar-refractivity contribution in [2.24, 2.45) is 0 Å². The summed E-state index contributed by atoms with van der Waals surface area (Å²) in [6.07, 6.45) is 0. The Morgan fingerprint density at radius 2 is 1.68 bits per heavy atom. The van der Waals surface area contributed by atoms with E-state index >= 15 is 0 Å². The van der Waals surface area contributed by atoms with Gasteiger partial charge in [0.15, 0.2) is 0 Å². The number of nitrogens with one attached hydrogen (secondary N) is 1. The van der Waals surface area contributed by atoms with Crippen molar-refractivity contribution in [3.63, 3.8) is 0 Å². The van der Waals surface area contributed by atoms with Crippen LogP contribution < -0.4 is 11.1 Å². The minimum absolute atomic E-state index is 0.112. The molecule has 25 heavy (non-hydrogen) atoms. The largest absolute Gasteiger partial charge is 0.506 e. The Hall–Kier alpha value is -3.10. The molecule has 3 aromatic rings. The summed E-state index contributed by atoms with van der Waals surface area (Å²) in [5, 5.41) is 13.5. The van der Waals surface area contributed by atoms with Crippen molar-refractivity contribution in [3.05, 3.63) is 60.2 Å². The van der Waals surface area contributed by atoms with Gasteiger partial charge in [-0.05, 0) is 41.8 Å². The summed E-state index contributed by atoms with van der Waals surface area (Å²) in [4.78, 5) is 11.7. The van der Waals surface area contributed by atoms with Gasteiger partial charge in [0.25, 0.3) is 16.0 Å². The van der Waals surface area contributed by atoms with Gasteiger partial charge in [0.05, 0.1) is 5.69 Å². The highest BCUT2D eigenvalue weighted by atomic mass is 32.2. The number of benzene rings is 3. The standard InChI is InChI=1S/C17H14N2O5S/c18-12-7-4-11(5-8-12)17(21)19-13-3-1-2-10-6-9-14(25(22,23)24)16(20)15(10)13/h1-9,20H,18H2,(H,19,21)(H,22,23,24). The first kappa shape index (κ1) is 16.7. The molecule has 0 aromatic heterocycles. The van der Waals surface area contributed by atoms with Gasteiger partial charge in [0, 0.05) is 16.6 Å². The van der Waals surface area contributed by atoms with E-state index < -0.39 is 26.7 Å². The highest BCUT2D eigenvalue weighted by Crippen LogP contribution is 2.36. The number of carbonyl (C=O) groups is 1. The van der Waals surface area contributed by atoms with E-state index in [1.807, 2.05) is 0 Å². The molecule has 7 nitrogen and oxygen atoms in total. The highest BCUT2D eigenvalue weighted by Gasteiger charge is 2.20. The van der Waals surface area contributed by atoms with Gasteiger partial charge in [0.1, 0.15) is 10.6 Å². The number of anilines is 2. The van der Waals surface area contributed by atoms with Crippen molar-refractivity contribution < 1.29 is 22.9 Å². The maximum Gasteiger partial charge on any atom is 0.298 e. The first-order valence-electron chi connectivity index (χ1n) is 7.16.